The van der Waals surface area contributed by atoms with E-state index in [2.05, 4.69) is 40.6 Å². The first-order chi connectivity index (χ1) is 12.2. The van der Waals surface area contributed by atoms with E-state index < -0.39 is 0 Å². The topological polar surface area (TPSA) is 58.1 Å². The van der Waals surface area contributed by atoms with Crippen molar-refractivity contribution < 1.29 is 4.79 Å². The molecule has 1 aliphatic rings. The summed E-state index contributed by atoms with van der Waals surface area (Å²) < 4.78 is 4.50. The van der Waals surface area contributed by atoms with E-state index in [0.29, 0.717) is 0 Å². The molecule has 1 aromatic heterocycles. The van der Waals surface area contributed by atoms with Crippen molar-refractivity contribution in [1.82, 2.24) is 14.7 Å². The van der Waals surface area contributed by atoms with Gasteiger partial charge < -0.3 is 10.2 Å². The van der Waals surface area contributed by atoms with Gasteiger partial charge in [-0.1, -0.05) is 37.3 Å². The molecule has 1 aliphatic heterocycles. The van der Waals surface area contributed by atoms with Crippen LogP contribution >= 0.6 is 11.5 Å². The molecule has 1 atom stereocenters. The molecule has 0 saturated carbocycles. The van der Waals surface area contributed by atoms with Gasteiger partial charge in [-0.25, -0.2) is 4.98 Å². The second-order valence-corrected chi connectivity index (χ2v) is 7.47. The lowest BCUT2D eigenvalue weighted by molar-refractivity contribution is -0.126. The van der Waals surface area contributed by atoms with E-state index in [1.165, 1.54) is 17.1 Å². The Morgan fingerprint density at radius 1 is 1.32 bits per heavy atom. The van der Waals surface area contributed by atoms with Crippen LogP contribution in [0.3, 0.4) is 0 Å². The first-order valence-electron chi connectivity index (χ1n) is 9.07. The molecule has 1 N–H and O–H groups in total. The van der Waals surface area contributed by atoms with Crippen molar-refractivity contribution in [3.63, 3.8) is 0 Å². The van der Waals surface area contributed by atoms with Gasteiger partial charge in [0.2, 0.25) is 11.0 Å². The molecule has 2 heterocycles. The van der Waals surface area contributed by atoms with Crippen LogP contribution in [0.15, 0.2) is 30.3 Å². The van der Waals surface area contributed by atoms with Crippen LogP contribution in [0.1, 0.15) is 44.5 Å². The number of piperidine rings is 1. The van der Waals surface area contributed by atoms with Crippen molar-refractivity contribution in [2.24, 2.45) is 5.92 Å². The molecule has 3 rings (SSSR count). The Bertz CT molecular complexity index is 680. The fourth-order valence-electron chi connectivity index (χ4n) is 3.02. The van der Waals surface area contributed by atoms with Crippen molar-refractivity contribution in [3.8, 4) is 0 Å². The molecule has 0 spiro atoms. The van der Waals surface area contributed by atoms with Crippen molar-refractivity contribution in [1.29, 1.82) is 0 Å². The smallest absolute Gasteiger partial charge is 0.223 e. The Morgan fingerprint density at radius 2 is 2.04 bits per heavy atom. The monoisotopic (exact) mass is 358 g/mol. The summed E-state index contributed by atoms with van der Waals surface area (Å²) in [7, 11) is 0. The lowest BCUT2D eigenvalue weighted by Gasteiger charge is -2.31. The molecular weight excluding hydrogens is 332 g/mol. The minimum Gasteiger partial charge on any atom is -0.353 e. The molecule has 25 heavy (non-hydrogen) atoms. The van der Waals surface area contributed by atoms with E-state index in [9.17, 15) is 4.79 Å². The van der Waals surface area contributed by atoms with Crippen LogP contribution in [0.5, 0.6) is 0 Å². The number of carbonyl (C=O) groups is 1. The maximum Gasteiger partial charge on any atom is 0.223 e. The third kappa shape index (κ3) is 4.78. The second-order valence-electron chi connectivity index (χ2n) is 6.73. The predicted molar refractivity (Wildman–Crippen MR) is 102 cm³/mol. The number of nitrogens with zero attached hydrogens (tertiary/aromatic N) is 3. The van der Waals surface area contributed by atoms with Crippen molar-refractivity contribution in [2.75, 3.05) is 18.0 Å². The highest BCUT2D eigenvalue weighted by molar-refractivity contribution is 7.09. The van der Waals surface area contributed by atoms with Crippen molar-refractivity contribution >= 4 is 22.6 Å². The van der Waals surface area contributed by atoms with Crippen molar-refractivity contribution in [3.05, 3.63) is 41.7 Å². The average Bonchev–Trinajstić information content (AvgIpc) is 3.11. The van der Waals surface area contributed by atoms with Crippen LogP contribution in [-0.4, -0.2) is 34.4 Å². The summed E-state index contributed by atoms with van der Waals surface area (Å²) in [5.41, 5.74) is 1.23. The zero-order chi connectivity index (χ0) is 17.6. The predicted octanol–water partition coefficient (Wildman–Crippen LogP) is 3.26. The van der Waals surface area contributed by atoms with Gasteiger partial charge in [-0.3, -0.25) is 4.79 Å². The number of amides is 1. The molecule has 1 aromatic carbocycles. The Balaban J connectivity index is 1.52. The fourth-order valence-corrected chi connectivity index (χ4v) is 3.76. The van der Waals surface area contributed by atoms with Gasteiger partial charge in [0.05, 0.1) is 0 Å². The van der Waals surface area contributed by atoms with E-state index >= 15 is 0 Å². The van der Waals surface area contributed by atoms with E-state index in [1.54, 1.807) is 0 Å². The van der Waals surface area contributed by atoms with Crippen LogP contribution in [0.4, 0.5) is 5.13 Å². The van der Waals surface area contributed by atoms with Crippen LogP contribution in [0, 0.1) is 5.92 Å². The molecule has 0 radical (unpaired) electrons. The highest BCUT2D eigenvalue weighted by Crippen LogP contribution is 2.25. The molecule has 1 fully saturated rings. The number of benzene rings is 1. The van der Waals surface area contributed by atoms with Crippen molar-refractivity contribution in [2.45, 2.75) is 45.6 Å². The van der Waals surface area contributed by atoms with Gasteiger partial charge in [-0.15, -0.1) is 0 Å². The Hall–Kier alpha value is -1.95. The Labute approximate surface area is 153 Å². The van der Waals surface area contributed by atoms with Crippen LogP contribution < -0.4 is 10.2 Å². The van der Waals surface area contributed by atoms with E-state index in [0.717, 1.165) is 49.7 Å². The first-order valence-corrected chi connectivity index (χ1v) is 9.85. The summed E-state index contributed by atoms with van der Waals surface area (Å²) in [6.07, 6.45) is 3.51. The summed E-state index contributed by atoms with van der Waals surface area (Å²) in [4.78, 5) is 19.2. The number of carbonyl (C=O) groups excluding carboxylic acids is 1. The van der Waals surface area contributed by atoms with E-state index in [4.69, 9.17) is 4.98 Å². The number of hydrogen-bond donors (Lipinski definition) is 1. The maximum absolute atomic E-state index is 12.3. The molecule has 0 bridgehead atoms. The third-order valence-electron chi connectivity index (χ3n) is 4.80. The van der Waals surface area contributed by atoms with Crippen LogP contribution in [-0.2, 0) is 11.2 Å². The Morgan fingerprint density at radius 3 is 2.72 bits per heavy atom. The number of aromatic nitrogens is 2. The number of anilines is 1. The summed E-state index contributed by atoms with van der Waals surface area (Å²) >= 11 is 1.46. The molecule has 2 aromatic rings. The van der Waals surface area contributed by atoms with Gasteiger partial charge in [-0.05, 0) is 31.7 Å². The van der Waals surface area contributed by atoms with Gasteiger partial charge in [-0.2, -0.15) is 4.37 Å². The van der Waals surface area contributed by atoms with Gasteiger partial charge in [0.1, 0.15) is 5.82 Å². The van der Waals surface area contributed by atoms with E-state index in [1.807, 2.05) is 18.2 Å². The largest absolute Gasteiger partial charge is 0.353 e. The minimum atomic E-state index is 0.127. The highest BCUT2D eigenvalue weighted by atomic mass is 32.1. The summed E-state index contributed by atoms with van der Waals surface area (Å²) in [6, 6.07) is 10.6. The summed E-state index contributed by atoms with van der Waals surface area (Å²) in [5, 5.41) is 4.08. The maximum atomic E-state index is 12.3. The Kier molecular flexibility index (Phi) is 6.02. The molecule has 134 valence electrons. The summed E-state index contributed by atoms with van der Waals surface area (Å²) in [5.74, 6) is 1.21. The standard InChI is InChI=1S/C19H26N4OS/c1-3-14(2)20-18(24)16-9-11-23(12-10-16)19-21-17(22-25-19)13-15-7-5-4-6-8-15/h4-8,14,16H,3,9-13H2,1-2H3,(H,20,24)/t14-/m0/s1. The van der Waals surface area contributed by atoms with E-state index in [-0.39, 0.29) is 17.9 Å². The zero-order valence-electron chi connectivity index (χ0n) is 14.9. The number of hydrogen-bond acceptors (Lipinski definition) is 5. The molecule has 5 nitrogen and oxygen atoms in total. The van der Waals surface area contributed by atoms with Crippen LogP contribution in [0.25, 0.3) is 0 Å². The SMILES string of the molecule is CC[C@H](C)NC(=O)C1CCN(c2nc(Cc3ccccc3)ns2)CC1. The lowest BCUT2D eigenvalue weighted by Crippen LogP contribution is -2.43. The van der Waals surface area contributed by atoms with Gasteiger partial charge in [0, 0.05) is 43.0 Å². The molecule has 0 aliphatic carbocycles. The highest BCUT2D eigenvalue weighted by Gasteiger charge is 2.27. The fraction of sp³-hybridized carbons (Fsp3) is 0.526. The summed E-state index contributed by atoms with van der Waals surface area (Å²) in [6.45, 7) is 5.90. The zero-order valence-corrected chi connectivity index (χ0v) is 15.8. The quantitative estimate of drug-likeness (QED) is 0.861. The minimum absolute atomic E-state index is 0.127. The second kappa shape index (κ2) is 8.43. The van der Waals surface area contributed by atoms with Gasteiger partial charge in [0.15, 0.2) is 0 Å². The molecule has 6 heteroatoms. The van der Waals surface area contributed by atoms with Crippen LogP contribution in [0.2, 0.25) is 0 Å². The average molecular weight is 359 g/mol. The molecule has 0 unspecified atom stereocenters. The molecular formula is C19H26N4OS. The number of nitrogens with one attached hydrogen (secondary N) is 1. The van der Waals surface area contributed by atoms with Gasteiger partial charge >= 0.3 is 0 Å². The van der Waals surface area contributed by atoms with Gasteiger partial charge in [0.25, 0.3) is 0 Å². The number of rotatable bonds is 6. The lowest BCUT2D eigenvalue weighted by atomic mass is 9.96. The third-order valence-corrected chi connectivity index (χ3v) is 5.61. The normalized spacial score (nSPS) is 16.6. The first kappa shape index (κ1) is 17.9. The molecule has 1 saturated heterocycles. The molecule has 1 amide bonds.